The Labute approximate surface area is 105 Å². The van der Waals surface area contributed by atoms with Gasteiger partial charge in [0.2, 0.25) is 0 Å². The van der Waals surface area contributed by atoms with Crippen LogP contribution >= 0.6 is 38.5 Å². The van der Waals surface area contributed by atoms with Crippen LogP contribution in [0.1, 0.15) is 24.2 Å². The summed E-state index contributed by atoms with van der Waals surface area (Å²) in [5.41, 5.74) is 0.618. The highest BCUT2D eigenvalue weighted by Gasteiger charge is 2.13. The molecule has 0 aliphatic rings. The van der Waals surface area contributed by atoms with Gasteiger partial charge in [-0.2, -0.15) is 0 Å². The zero-order valence-electron chi connectivity index (χ0n) is 7.93. The van der Waals surface area contributed by atoms with Crippen LogP contribution in [0, 0.1) is 3.57 Å². The highest BCUT2D eigenvalue weighted by Crippen LogP contribution is 2.30. The van der Waals surface area contributed by atoms with Gasteiger partial charge >= 0.3 is 0 Å². The van der Waals surface area contributed by atoms with Crippen molar-refractivity contribution in [3.05, 3.63) is 25.7 Å². The molecular weight excluding hydrogens is 359 g/mol. The SMILES string of the molecule is CCOc1cc(I)cc(Br)c1C(C)=O. The van der Waals surface area contributed by atoms with E-state index in [1.165, 1.54) is 6.92 Å². The van der Waals surface area contributed by atoms with Crippen LogP contribution in [0.2, 0.25) is 0 Å². The van der Waals surface area contributed by atoms with Crippen molar-refractivity contribution in [3.8, 4) is 5.75 Å². The minimum atomic E-state index is 0.0109. The van der Waals surface area contributed by atoms with E-state index in [1.807, 2.05) is 19.1 Å². The number of hydrogen-bond acceptors (Lipinski definition) is 2. The topological polar surface area (TPSA) is 26.3 Å². The van der Waals surface area contributed by atoms with Crippen molar-refractivity contribution >= 4 is 44.3 Å². The minimum absolute atomic E-state index is 0.0109. The van der Waals surface area contributed by atoms with Crippen LogP contribution in [-0.2, 0) is 0 Å². The zero-order chi connectivity index (χ0) is 10.7. The molecule has 0 unspecified atom stereocenters. The summed E-state index contributed by atoms with van der Waals surface area (Å²) in [5, 5.41) is 0. The van der Waals surface area contributed by atoms with Crippen LogP contribution in [0.5, 0.6) is 5.75 Å². The quantitative estimate of drug-likeness (QED) is 0.601. The summed E-state index contributed by atoms with van der Waals surface area (Å²) in [6.45, 7) is 4.00. The van der Waals surface area contributed by atoms with Crippen molar-refractivity contribution in [2.75, 3.05) is 6.61 Å². The third kappa shape index (κ3) is 2.70. The lowest BCUT2D eigenvalue weighted by Gasteiger charge is -2.10. The number of ketones is 1. The van der Waals surface area contributed by atoms with E-state index >= 15 is 0 Å². The Morgan fingerprint density at radius 3 is 2.71 bits per heavy atom. The number of halogens is 2. The second kappa shape index (κ2) is 5.11. The minimum Gasteiger partial charge on any atom is -0.493 e. The molecule has 0 aliphatic carbocycles. The molecule has 0 heterocycles. The van der Waals surface area contributed by atoms with Gasteiger partial charge in [0.05, 0.1) is 12.2 Å². The zero-order valence-corrected chi connectivity index (χ0v) is 11.7. The standard InChI is InChI=1S/C10H10BrIO2/c1-3-14-9-5-7(12)4-8(11)10(9)6(2)13/h4-5H,3H2,1-2H3. The average molecular weight is 369 g/mol. The summed E-state index contributed by atoms with van der Waals surface area (Å²) in [6, 6.07) is 3.77. The predicted octanol–water partition coefficient (Wildman–Crippen LogP) is 3.66. The number of carbonyl (C=O) groups is 1. The maximum absolute atomic E-state index is 11.4. The molecule has 1 rings (SSSR count). The maximum atomic E-state index is 11.4. The number of Topliss-reactive ketones (excluding diaryl/α,β-unsaturated/α-hetero) is 1. The molecule has 14 heavy (non-hydrogen) atoms. The first-order chi connectivity index (χ1) is 6.56. The maximum Gasteiger partial charge on any atom is 0.164 e. The molecule has 0 atom stereocenters. The molecule has 0 saturated carbocycles. The van der Waals surface area contributed by atoms with Crippen LogP contribution in [0.4, 0.5) is 0 Å². The first-order valence-corrected chi connectivity index (χ1v) is 6.06. The Balaban J connectivity index is 3.28. The number of carbonyl (C=O) groups excluding carboxylic acids is 1. The Morgan fingerprint density at radius 1 is 1.57 bits per heavy atom. The predicted molar refractivity (Wildman–Crippen MR) is 68.0 cm³/mol. The van der Waals surface area contributed by atoms with Gasteiger partial charge in [0.25, 0.3) is 0 Å². The number of hydrogen-bond donors (Lipinski definition) is 0. The molecule has 0 aromatic heterocycles. The lowest BCUT2D eigenvalue weighted by molar-refractivity contribution is 0.101. The fraction of sp³-hybridized carbons (Fsp3) is 0.300. The van der Waals surface area contributed by atoms with Gasteiger partial charge in [0, 0.05) is 8.04 Å². The van der Waals surface area contributed by atoms with E-state index < -0.39 is 0 Å². The Bertz CT molecular complexity index is 363. The van der Waals surface area contributed by atoms with E-state index in [2.05, 4.69) is 38.5 Å². The largest absolute Gasteiger partial charge is 0.493 e. The Morgan fingerprint density at radius 2 is 2.21 bits per heavy atom. The van der Waals surface area contributed by atoms with Crippen LogP contribution in [0.25, 0.3) is 0 Å². The second-order valence-electron chi connectivity index (χ2n) is 2.75. The summed E-state index contributed by atoms with van der Waals surface area (Å²) in [6.07, 6.45) is 0. The molecule has 1 aromatic rings. The molecule has 76 valence electrons. The normalized spacial score (nSPS) is 10.0. The third-order valence-electron chi connectivity index (χ3n) is 1.67. The fourth-order valence-electron chi connectivity index (χ4n) is 1.16. The fourth-order valence-corrected chi connectivity index (χ4v) is 2.90. The molecular formula is C10H10BrIO2. The first-order valence-electron chi connectivity index (χ1n) is 4.19. The molecule has 0 radical (unpaired) electrons. The van der Waals surface area contributed by atoms with Gasteiger partial charge < -0.3 is 4.74 Å². The molecule has 0 aliphatic heterocycles. The summed E-state index contributed by atoms with van der Waals surface area (Å²) >= 11 is 5.55. The molecule has 0 saturated heterocycles. The van der Waals surface area contributed by atoms with Gasteiger partial charge in [-0.05, 0) is 64.5 Å². The van der Waals surface area contributed by atoms with E-state index in [-0.39, 0.29) is 5.78 Å². The summed E-state index contributed by atoms with van der Waals surface area (Å²) in [7, 11) is 0. The van der Waals surface area contributed by atoms with E-state index in [0.717, 1.165) is 8.04 Å². The summed E-state index contributed by atoms with van der Waals surface area (Å²) in [5.74, 6) is 0.663. The number of rotatable bonds is 3. The highest BCUT2D eigenvalue weighted by molar-refractivity contribution is 14.1. The second-order valence-corrected chi connectivity index (χ2v) is 4.85. The van der Waals surface area contributed by atoms with Gasteiger partial charge in [-0.25, -0.2) is 0 Å². The lowest BCUT2D eigenvalue weighted by Crippen LogP contribution is -2.02. The van der Waals surface area contributed by atoms with Gasteiger partial charge in [0.1, 0.15) is 5.75 Å². The van der Waals surface area contributed by atoms with Crippen molar-refractivity contribution in [2.45, 2.75) is 13.8 Å². The molecule has 1 aromatic carbocycles. The van der Waals surface area contributed by atoms with E-state index in [9.17, 15) is 4.79 Å². The first kappa shape index (κ1) is 12.0. The molecule has 0 amide bonds. The van der Waals surface area contributed by atoms with E-state index in [4.69, 9.17) is 4.74 Å². The number of ether oxygens (including phenoxy) is 1. The smallest absolute Gasteiger partial charge is 0.164 e. The molecule has 0 bridgehead atoms. The molecule has 4 heteroatoms. The van der Waals surface area contributed by atoms with Gasteiger partial charge in [-0.15, -0.1) is 0 Å². The van der Waals surface area contributed by atoms with Gasteiger partial charge in [-0.1, -0.05) is 0 Å². The van der Waals surface area contributed by atoms with Crippen molar-refractivity contribution in [2.24, 2.45) is 0 Å². The Hall–Kier alpha value is -0.100. The molecule has 0 spiro atoms. The van der Waals surface area contributed by atoms with E-state index in [0.29, 0.717) is 17.9 Å². The molecule has 0 N–H and O–H groups in total. The van der Waals surface area contributed by atoms with Gasteiger partial charge in [0.15, 0.2) is 5.78 Å². The van der Waals surface area contributed by atoms with Crippen molar-refractivity contribution in [1.29, 1.82) is 0 Å². The average Bonchev–Trinajstić information content (AvgIpc) is 2.01. The lowest BCUT2D eigenvalue weighted by atomic mass is 10.1. The highest BCUT2D eigenvalue weighted by atomic mass is 127. The monoisotopic (exact) mass is 368 g/mol. The third-order valence-corrected chi connectivity index (χ3v) is 2.92. The van der Waals surface area contributed by atoms with Crippen molar-refractivity contribution in [1.82, 2.24) is 0 Å². The molecule has 2 nitrogen and oxygen atoms in total. The van der Waals surface area contributed by atoms with Crippen molar-refractivity contribution < 1.29 is 9.53 Å². The summed E-state index contributed by atoms with van der Waals surface area (Å²) < 4.78 is 7.24. The Kier molecular flexibility index (Phi) is 4.37. The van der Waals surface area contributed by atoms with Crippen molar-refractivity contribution in [3.63, 3.8) is 0 Å². The number of benzene rings is 1. The molecule has 0 fully saturated rings. The van der Waals surface area contributed by atoms with E-state index in [1.54, 1.807) is 0 Å². The van der Waals surface area contributed by atoms with Crippen LogP contribution < -0.4 is 4.74 Å². The van der Waals surface area contributed by atoms with Crippen LogP contribution in [0.15, 0.2) is 16.6 Å². The van der Waals surface area contributed by atoms with Crippen LogP contribution in [-0.4, -0.2) is 12.4 Å². The summed E-state index contributed by atoms with van der Waals surface area (Å²) in [4.78, 5) is 11.4. The van der Waals surface area contributed by atoms with Crippen LogP contribution in [0.3, 0.4) is 0 Å². The van der Waals surface area contributed by atoms with Gasteiger partial charge in [-0.3, -0.25) is 4.79 Å².